The number of halogens is 2. The molecule has 7 heteroatoms. The average Bonchev–Trinajstić information content (AvgIpc) is 2.54. The van der Waals surface area contributed by atoms with Crippen molar-refractivity contribution in [3.8, 4) is 0 Å². The molecule has 0 unspecified atom stereocenters. The molecule has 128 valence electrons. The summed E-state index contributed by atoms with van der Waals surface area (Å²) < 4.78 is 37.6. The zero-order valence-electron chi connectivity index (χ0n) is 13.0. The molecule has 1 saturated heterocycles. The summed E-state index contributed by atoms with van der Waals surface area (Å²) in [5.74, 6) is -0.189. The number of hydrogen-bond acceptors (Lipinski definition) is 3. The van der Waals surface area contributed by atoms with Crippen LogP contribution < -0.4 is 10.0 Å². The van der Waals surface area contributed by atoms with Crippen LogP contribution in [0.25, 0.3) is 0 Å². The van der Waals surface area contributed by atoms with Gasteiger partial charge in [0.2, 0.25) is 10.0 Å². The molecular formula is C17H18ClFN2O2S. The lowest BCUT2D eigenvalue weighted by atomic mass is 9.89. The fourth-order valence-electron chi connectivity index (χ4n) is 3.22. The van der Waals surface area contributed by atoms with Gasteiger partial charge < -0.3 is 4.90 Å². The van der Waals surface area contributed by atoms with Crippen LogP contribution in [-0.4, -0.2) is 21.5 Å². The highest BCUT2D eigenvalue weighted by Gasteiger charge is 2.26. The highest BCUT2D eigenvalue weighted by Crippen LogP contribution is 2.34. The Morgan fingerprint density at radius 3 is 2.42 bits per heavy atom. The van der Waals surface area contributed by atoms with Crippen LogP contribution in [0.4, 0.5) is 10.1 Å². The molecule has 1 aliphatic heterocycles. The monoisotopic (exact) mass is 368 g/mol. The SMILES string of the molecule is NS(=O)(=O)c1ccccc1N1CCC(c2ccc(Cl)cc2F)CC1. The Hall–Kier alpha value is -1.63. The minimum atomic E-state index is -3.78. The summed E-state index contributed by atoms with van der Waals surface area (Å²) in [6.45, 7) is 1.28. The third-order valence-electron chi connectivity index (χ3n) is 4.41. The predicted molar refractivity (Wildman–Crippen MR) is 93.4 cm³/mol. The lowest BCUT2D eigenvalue weighted by Crippen LogP contribution is -2.34. The van der Waals surface area contributed by atoms with E-state index in [0.717, 1.165) is 12.8 Å². The molecule has 24 heavy (non-hydrogen) atoms. The molecule has 2 aromatic carbocycles. The third kappa shape index (κ3) is 3.55. The second kappa shape index (κ2) is 6.70. The van der Waals surface area contributed by atoms with E-state index in [0.29, 0.717) is 29.4 Å². The number of sulfonamides is 1. The van der Waals surface area contributed by atoms with Crippen molar-refractivity contribution in [3.05, 3.63) is 58.9 Å². The molecule has 0 spiro atoms. The van der Waals surface area contributed by atoms with Crippen molar-refractivity contribution in [1.29, 1.82) is 0 Å². The molecule has 0 radical (unpaired) electrons. The van der Waals surface area contributed by atoms with Crippen molar-refractivity contribution in [1.82, 2.24) is 0 Å². The van der Waals surface area contributed by atoms with Gasteiger partial charge in [0.05, 0.1) is 5.69 Å². The van der Waals surface area contributed by atoms with Gasteiger partial charge in [0, 0.05) is 18.1 Å². The van der Waals surface area contributed by atoms with Crippen molar-refractivity contribution >= 4 is 27.3 Å². The quantitative estimate of drug-likeness (QED) is 0.901. The van der Waals surface area contributed by atoms with Crippen LogP contribution >= 0.6 is 11.6 Å². The number of benzene rings is 2. The fraction of sp³-hybridized carbons (Fsp3) is 0.294. The number of piperidine rings is 1. The molecule has 1 fully saturated rings. The Morgan fingerprint density at radius 1 is 1.12 bits per heavy atom. The second-order valence-corrected chi connectivity index (χ2v) is 7.91. The fourth-order valence-corrected chi connectivity index (χ4v) is 4.14. The van der Waals surface area contributed by atoms with E-state index in [1.807, 2.05) is 4.90 Å². The van der Waals surface area contributed by atoms with Gasteiger partial charge in [-0.25, -0.2) is 17.9 Å². The molecular weight excluding hydrogens is 351 g/mol. The van der Waals surface area contributed by atoms with E-state index in [-0.39, 0.29) is 16.6 Å². The molecule has 0 aliphatic carbocycles. The van der Waals surface area contributed by atoms with Crippen LogP contribution in [-0.2, 0) is 10.0 Å². The van der Waals surface area contributed by atoms with Crippen molar-refractivity contribution in [3.63, 3.8) is 0 Å². The first-order chi connectivity index (χ1) is 11.4. The molecule has 0 atom stereocenters. The summed E-state index contributed by atoms with van der Waals surface area (Å²) in [6.07, 6.45) is 1.47. The zero-order valence-corrected chi connectivity index (χ0v) is 14.5. The maximum Gasteiger partial charge on any atom is 0.240 e. The minimum Gasteiger partial charge on any atom is -0.370 e. The summed E-state index contributed by atoms with van der Waals surface area (Å²) in [6, 6.07) is 11.5. The zero-order chi connectivity index (χ0) is 17.3. The number of anilines is 1. The molecule has 4 nitrogen and oxygen atoms in total. The third-order valence-corrected chi connectivity index (χ3v) is 5.60. The number of nitrogens with zero attached hydrogens (tertiary/aromatic N) is 1. The summed E-state index contributed by atoms with van der Waals surface area (Å²) in [4.78, 5) is 2.12. The lowest BCUT2D eigenvalue weighted by Gasteiger charge is -2.34. The van der Waals surface area contributed by atoms with E-state index in [9.17, 15) is 12.8 Å². The Morgan fingerprint density at radius 2 is 1.79 bits per heavy atom. The molecule has 3 rings (SSSR count). The summed E-state index contributed by atoms with van der Waals surface area (Å²) in [5, 5.41) is 5.69. The molecule has 0 saturated carbocycles. The maximum atomic E-state index is 14.1. The second-order valence-electron chi connectivity index (χ2n) is 5.94. The predicted octanol–water partition coefficient (Wildman–Crippen LogP) is 3.51. The largest absolute Gasteiger partial charge is 0.370 e. The van der Waals surface area contributed by atoms with Gasteiger partial charge in [0.15, 0.2) is 0 Å². The smallest absolute Gasteiger partial charge is 0.240 e. The maximum absolute atomic E-state index is 14.1. The van der Waals surface area contributed by atoms with Crippen molar-refractivity contribution in [2.24, 2.45) is 5.14 Å². The van der Waals surface area contributed by atoms with Gasteiger partial charge in [0.25, 0.3) is 0 Å². The number of rotatable bonds is 3. The van der Waals surface area contributed by atoms with Gasteiger partial charge in [-0.05, 0) is 48.6 Å². The molecule has 1 aliphatic rings. The van der Waals surface area contributed by atoms with Crippen LogP contribution in [0.1, 0.15) is 24.3 Å². The molecule has 0 aromatic heterocycles. The van der Waals surface area contributed by atoms with Crippen LogP contribution in [0.2, 0.25) is 5.02 Å². The van der Waals surface area contributed by atoms with Crippen LogP contribution in [0.3, 0.4) is 0 Å². The van der Waals surface area contributed by atoms with E-state index in [2.05, 4.69) is 0 Å². The molecule has 0 amide bonds. The van der Waals surface area contributed by atoms with Crippen LogP contribution in [0, 0.1) is 5.82 Å². The highest BCUT2D eigenvalue weighted by atomic mass is 35.5. The van der Waals surface area contributed by atoms with E-state index in [4.69, 9.17) is 16.7 Å². The Balaban J connectivity index is 1.79. The van der Waals surface area contributed by atoms with Crippen molar-refractivity contribution < 1.29 is 12.8 Å². The van der Waals surface area contributed by atoms with Crippen molar-refractivity contribution in [2.75, 3.05) is 18.0 Å². The number of para-hydroxylation sites is 1. The minimum absolute atomic E-state index is 0.0974. The van der Waals surface area contributed by atoms with Gasteiger partial charge >= 0.3 is 0 Å². The number of hydrogen-bond donors (Lipinski definition) is 1. The summed E-state index contributed by atoms with van der Waals surface area (Å²) in [5.41, 5.74) is 1.27. The molecule has 2 aromatic rings. The molecule has 2 N–H and O–H groups in total. The van der Waals surface area contributed by atoms with E-state index in [1.165, 1.54) is 12.1 Å². The topological polar surface area (TPSA) is 63.4 Å². The Labute approximate surface area is 146 Å². The summed E-state index contributed by atoms with van der Waals surface area (Å²) >= 11 is 5.80. The standard InChI is InChI=1S/C17H18ClFN2O2S/c18-13-5-6-14(15(19)11-13)12-7-9-21(10-8-12)16-3-1-2-4-17(16)24(20,22)23/h1-6,11-12H,7-10H2,(H2,20,22,23). The summed E-state index contributed by atoms with van der Waals surface area (Å²) in [7, 11) is -3.78. The Kier molecular flexibility index (Phi) is 4.80. The first kappa shape index (κ1) is 17.2. The van der Waals surface area contributed by atoms with E-state index < -0.39 is 10.0 Å². The number of primary sulfonamides is 1. The molecule has 1 heterocycles. The van der Waals surface area contributed by atoms with Crippen LogP contribution in [0.5, 0.6) is 0 Å². The van der Waals surface area contributed by atoms with Crippen LogP contribution in [0.15, 0.2) is 47.4 Å². The van der Waals surface area contributed by atoms with Gasteiger partial charge in [-0.3, -0.25) is 0 Å². The van der Waals surface area contributed by atoms with Gasteiger partial charge in [-0.15, -0.1) is 0 Å². The average molecular weight is 369 g/mol. The highest BCUT2D eigenvalue weighted by molar-refractivity contribution is 7.89. The van der Waals surface area contributed by atoms with Gasteiger partial charge in [0.1, 0.15) is 10.7 Å². The number of nitrogens with two attached hydrogens (primary N) is 1. The van der Waals surface area contributed by atoms with E-state index >= 15 is 0 Å². The van der Waals surface area contributed by atoms with Gasteiger partial charge in [-0.2, -0.15) is 0 Å². The molecule has 0 bridgehead atoms. The Bertz CT molecular complexity index is 849. The lowest BCUT2D eigenvalue weighted by molar-refractivity contribution is 0.480. The van der Waals surface area contributed by atoms with E-state index in [1.54, 1.807) is 30.3 Å². The first-order valence-electron chi connectivity index (χ1n) is 7.68. The van der Waals surface area contributed by atoms with Crippen molar-refractivity contribution in [2.45, 2.75) is 23.7 Å². The van der Waals surface area contributed by atoms with Gasteiger partial charge in [-0.1, -0.05) is 29.8 Å². The normalized spacial score (nSPS) is 16.4. The first-order valence-corrected chi connectivity index (χ1v) is 9.60.